The highest BCUT2D eigenvalue weighted by atomic mass is 19.1. The second-order valence-corrected chi connectivity index (χ2v) is 16.5. The molecule has 4 aromatic rings. The highest BCUT2D eigenvalue weighted by Crippen LogP contribution is 2.37. The van der Waals surface area contributed by atoms with Crippen LogP contribution in [0, 0.1) is 17.6 Å². The molecular weight excluding hydrogens is 759 g/mol. The van der Waals surface area contributed by atoms with E-state index in [1.807, 2.05) is 4.90 Å². The molecule has 1 saturated carbocycles. The maximum Gasteiger partial charge on any atom is 0.255 e. The number of amides is 3. The number of hydrogen-bond acceptors (Lipinski definition) is 10. The molecule has 15 heteroatoms. The lowest BCUT2D eigenvalue weighted by molar-refractivity contribution is -0.140. The number of benzene rings is 2. The number of aliphatic hydroxyl groups is 1. The minimum absolute atomic E-state index is 0.00466. The van der Waals surface area contributed by atoms with Crippen LogP contribution < -0.4 is 21.5 Å². The van der Waals surface area contributed by atoms with Gasteiger partial charge in [0, 0.05) is 67.2 Å². The van der Waals surface area contributed by atoms with Crippen molar-refractivity contribution in [1.29, 1.82) is 0 Å². The number of carbonyl (C=O) groups excluding carboxylic acids is 3. The standard InChI is InChI=1S/C44H50F2N8O5/c45-35-25-32(48-37-9-10-38(55)50-41(37)57)7-8-34(35)28-13-20-52(21-14-28)27-44(59)17-11-29(12-18-44)42(58)53-22-15-31(16-23-53)49-43-47-26-36(46)40(51-43)30-4-3-5-33(24-30)54-19-2-1-6-39(54)56/h1-8,19,24-26,28-29,31,37,48,59H,9-18,20-23,27H2,(H,47,49,51)(H,50,55,57). The normalized spacial score (nSPS) is 23.5. The molecule has 310 valence electrons. The number of hydrogen-bond donors (Lipinski definition) is 4. The van der Waals surface area contributed by atoms with Crippen LogP contribution in [0.1, 0.15) is 75.7 Å². The molecule has 5 heterocycles. The van der Waals surface area contributed by atoms with Crippen molar-refractivity contribution in [2.24, 2.45) is 5.92 Å². The third-order valence-corrected chi connectivity index (χ3v) is 12.5. The van der Waals surface area contributed by atoms with Crippen LogP contribution in [0.25, 0.3) is 16.9 Å². The van der Waals surface area contributed by atoms with Gasteiger partial charge in [-0.05, 0) is 113 Å². The highest BCUT2D eigenvalue weighted by molar-refractivity contribution is 6.01. The van der Waals surface area contributed by atoms with Crippen molar-refractivity contribution in [1.82, 2.24) is 29.7 Å². The number of pyridine rings is 1. The lowest BCUT2D eigenvalue weighted by Gasteiger charge is -2.42. The minimum atomic E-state index is -0.871. The Labute approximate surface area is 341 Å². The molecule has 3 aliphatic heterocycles. The van der Waals surface area contributed by atoms with E-state index in [0.717, 1.165) is 32.1 Å². The molecule has 3 saturated heterocycles. The number of anilines is 2. The van der Waals surface area contributed by atoms with Crippen LogP contribution in [0.15, 0.2) is 77.9 Å². The van der Waals surface area contributed by atoms with Gasteiger partial charge in [-0.2, -0.15) is 0 Å². The summed E-state index contributed by atoms with van der Waals surface area (Å²) in [5, 5.41) is 20.3. The first-order valence-electron chi connectivity index (χ1n) is 20.7. The lowest BCUT2D eigenvalue weighted by Crippen LogP contribution is -2.50. The second-order valence-electron chi connectivity index (χ2n) is 16.5. The molecule has 1 atom stereocenters. The molecule has 2 aromatic heterocycles. The van der Waals surface area contributed by atoms with Gasteiger partial charge in [0.15, 0.2) is 5.82 Å². The number of carbonyl (C=O) groups is 3. The number of β-amino-alcohol motifs (C(OH)–C–C–N with tert-alkyl or cyclic N) is 1. The van der Waals surface area contributed by atoms with Crippen molar-refractivity contribution in [3.05, 3.63) is 101 Å². The van der Waals surface area contributed by atoms with E-state index in [1.165, 1.54) is 16.7 Å². The number of imide groups is 1. The molecule has 0 radical (unpaired) electrons. The maximum absolute atomic E-state index is 15.3. The van der Waals surface area contributed by atoms with E-state index in [0.29, 0.717) is 93.0 Å². The van der Waals surface area contributed by atoms with E-state index < -0.39 is 23.4 Å². The summed E-state index contributed by atoms with van der Waals surface area (Å²) in [6, 6.07) is 16.3. The summed E-state index contributed by atoms with van der Waals surface area (Å²) in [6.07, 6.45) is 8.67. The second kappa shape index (κ2) is 17.4. The molecule has 59 heavy (non-hydrogen) atoms. The molecule has 2 aromatic carbocycles. The summed E-state index contributed by atoms with van der Waals surface area (Å²) < 4.78 is 31.7. The molecule has 3 amide bonds. The largest absolute Gasteiger partial charge is 0.389 e. The van der Waals surface area contributed by atoms with Crippen LogP contribution in [-0.4, -0.2) is 97.6 Å². The Balaban J connectivity index is 0.776. The van der Waals surface area contributed by atoms with E-state index in [-0.39, 0.29) is 53.2 Å². The van der Waals surface area contributed by atoms with E-state index in [9.17, 15) is 28.7 Å². The van der Waals surface area contributed by atoms with Crippen LogP contribution >= 0.6 is 0 Å². The Bertz CT molecular complexity index is 2250. The maximum atomic E-state index is 15.3. The number of nitrogens with zero attached hydrogens (tertiary/aromatic N) is 5. The van der Waals surface area contributed by atoms with E-state index in [4.69, 9.17) is 0 Å². The van der Waals surface area contributed by atoms with Gasteiger partial charge in [-0.1, -0.05) is 24.3 Å². The van der Waals surface area contributed by atoms with Gasteiger partial charge in [-0.15, -0.1) is 0 Å². The first-order valence-corrected chi connectivity index (χ1v) is 20.7. The Kier molecular flexibility index (Phi) is 11.8. The summed E-state index contributed by atoms with van der Waals surface area (Å²) in [4.78, 5) is 62.4. The third kappa shape index (κ3) is 9.36. The third-order valence-electron chi connectivity index (χ3n) is 12.5. The average Bonchev–Trinajstić information content (AvgIpc) is 3.23. The summed E-state index contributed by atoms with van der Waals surface area (Å²) in [6.45, 7) is 3.16. The zero-order valence-corrected chi connectivity index (χ0v) is 32.9. The highest BCUT2D eigenvalue weighted by Gasteiger charge is 2.40. The van der Waals surface area contributed by atoms with Crippen molar-refractivity contribution in [2.45, 2.75) is 87.8 Å². The molecule has 4 fully saturated rings. The van der Waals surface area contributed by atoms with Gasteiger partial charge >= 0.3 is 0 Å². The number of piperidine rings is 3. The van der Waals surface area contributed by atoms with Crippen molar-refractivity contribution in [2.75, 3.05) is 43.4 Å². The molecule has 1 unspecified atom stereocenters. The van der Waals surface area contributed by atoms with E-state index in [1.54, 1.807) is 54.7 Å². The SMILES string of the molecule is O=C1CCC(Nc2ccc(C3CCN(CC4(O)CCC(C(=O)N5CCC(Nc6ncc(F)c(-c7cccc(-n8ccccc8=O)c7)n6)CC5)CC4)CC3)c(F)c2)C(=O)N1. The molecule has 0 bridgehead atoms. The monoisotopic (exact) mass is 808 g/mol. The molecule has 4 aliphatic rings. The summed E-state index contributed by atoms with van der Waals surface area (Å²) in [5.74, 6) is -1.24. The van der Waals surface area contributed by atoms with Crippen LogP contribution in [0.2, 0.25) is 0 Å². The fourth-order valence-corrected chi connectivity index (χ4v) is 9.13. The molecular formula is C44H50F2N8O5. The number of likely N-dealkylation sites (tertiary alicyclic amines) is 2. The summed E-state index contributed by atoms with van der Waals surface area (Å²) in [7, 11) is 0. The zero-order chi connectivity index (χ0) is 41.1. The van der Waals surface area contributed by atoms with Gasteiger partial charge in [-0.25, -0.2) is 18.7 Å². The zero-order valence-electron chi connectivity index (χ0n) is 32.9. The van der Waals surface area contributed by atoms with Crippen LogP contribution in [0.4, 0.5) is 20.4 Å². The van der Waals surface area contributed by atoms with Gasteiger partial charge in [0.2, 0.25) is 23.7 Å². The first kappa shape index (κ1) is 40.2. The predicted molar refractivity (Wildman–Crippen MR) is 218 cm³/mol. The van der Waals surface area contributed by atoms with Gasteiger partial charge in [-0.3, -0.25) is 29.1 Å². The predicted octanol–water partition coefficient (Wildman–Crippen LogP) is 4.99. The molecule has 1 aliphatic carbocycles. The number of nitrogens with one attached hydrogen (secondary N) is 3. The number of halogens is 2. The fourth-order valence-electron chi connectivity index (χ4n) is 9.13. The molecule has 0 spiro atoms. The van der Waals surface area contributed by atoms with E-state index >= 15 is 4.39 Å². The Morgan fingerprint density at radius 1 is 0.864 bits per heavy atom. The summed E-state index contributed by atoms with van der Waals surface area (Å²) >= 11 is 0. The molecule has 4 N–H and O–H groups in total. The van der Waals surface area contributed by atoms with Gasteiger partial charge in [0.25, 0.3) is 5.56 Å². The molecule has 8 rings (SSSR count). The molecule has 13 nitrogen and oxygen atoms in total. The van der Waals surface area contributed by atoms with Crippen molar-refractivity contribution in [3.8, 4) is 16.9 Å². The number of rotatable bonds is 10. The van der Waals surface area contributed by atoms with Gasteiger partial charge in [0.05, 0.1) is 11.8 Å². The van der Waals surface area contributed by atoms with Gasteiger partial charge < -0.3 is 25.5 Å². The Morgan fingerprint density at radius 3 is 2.37 bits per heavy atom. The quantitative estimate of drug-likeness (QED) is 0.161. The Morgan fingerprint density at radius 2 is 1.64 bits per heavy atom. The van der Waals surface area contributed by atoms with Crippen molar-refractivity contribution < 1.29 is 28.3 Å². The summed E-state index contributed by atoms with van der Waals surface area (Å²) in [5.41, 5.74) is 1.33. The van der Waals surface area contributed by atoms with Crippen LogP contribution in [0.3, 0.4) is 0 Å². The lowest BCUT2D eigenvalue weighted by atomic mass is 9.77. The first-order chi connectivity index (χ1) is 28.5. The van der Waals surface area contributed by atoms with Crippen LogP contribution in [-0.2, 0) is 14.4 Å². The van der Waals surface area contributed by atoms with Crippen LogP contribution in [0.5, 0.6) is 0 Å². The van der Waals surface area contributed by atoms with Crippen molar-refractivity contribution in [3.63, 3.8) is 0 Å². The number of aromatic nitrogens is 3. The Hall–Kier alpha value is -5.54. The van der Waals surface area contributed by atoms with Crippen molar-refractivity contribution >= 4 is 29.4 Å². The minimum Gasteiger partial charge on any atom is -0.389 e. The van der Waals surface area contributed by atoms with E-state index in [2.05, 4.69) is 30.8 Å². The smallest absolute Gasteiger partial charge is 0.255 e. The topological polar surface area (TPSA) is 162 Å². The fraction of sp³-hybridized carbons (Fsp3) is 0.455. The van der Waals surface area contributed by atoms with Gasteiger partial charge in [0.1, 0.15) is 17.6 Å². The average molecular weight is 809 g/mol.